The molecular formula is C15H21N3O3. The van der Waals surface area contributed by atoms with E-state index in [1.54, 1.807) is 17.2 Å². The summed E-state index contributed by atoms with van der Waals surface area (Å²) in [5.41, 5.74) is 0. The van der Waals surface area contributed by atoms with Crippen molar-refractivity contribution in [3.05, 3.63) is 24.2 Å². The van der Waals surface area contributed by atoms with Crippen LogP contribution in [0, 0.1) is 11.3 Å². The van der Waals surface area contributed by atoms with E-state index < -0.39 is 0 Å². The van der Waals surface area contributed by atoms with Gasteiger partial charge in [0.1, 0.15) is 5.76 Å². The molecule has 2 heterocycles. The number of aliphatic hydroxyl groups excluding tert-OH is 1. The minimum atomic E-state index is -0.343. The summed E-state index contributed by atoms with van der Waals surface area (Å²) in [4.78, 5) is 16.0. The van der Waals surface area contributed by atoms with Crippen LogP contribution in [0.1, 0.15) is 25.0 Å². The monoisotopic (exact) mass is 291 g/mol. The van der Waals surface area contributed by atoms with Crippen molar-refractivity contribution >= 4 is 5.91 Å². The summed E-state index contributed by atoms with van der Waals surface area (Å²) in [7, 11) is 0. The molecule has 0 bridgehead atoms. The lowest BCUT2D eigenvalue weighted by atomic mass is 10.1. The van der Waals surface area contributed by atoms with Gasteiger partial charge >= 0.3 is 0 Å². The van der Waals surface area contributed by atoms with E-state index in [4.69, 9.17) is 9.68 Å². The van der Waals surface area contributed by atoms with Crippen molar-refractivity contribution in [1.82, 2.24) is 9.80 Å². The Labute approximate surface area is 124 Å². The Morgan fingerprint density at radius 3 is 3.14 bits per heavy atom. The Morgan fingerprint density at radius 2 is 2.48 bits per heavy atom. The minimum absolute atomic E-state index is 0.0317. The second-order valence-electron chi connectivity index (χ2n) is 5.33. The highest BCUT2D eigenvalue weighted by molar-refractivity contribution is 5.78. The van der Waals surface area contributed by atoms with E-state index in [0.29, 0.717) is 31.8 Å². The van der Waals surface area contributed by atoms with Crippen LogP contribution in [0.2, 0.25) is 0 Å². The molecule has 0 radical (unpaired) electrons. The van der Waals surface area contributed by atoms with E-state index >= 15 is 0 Å². The van der Waals surface area contributed by atoms with E-state index in [-0.39, 0.29) is 18.6 Å². The maximum absolute atomic E-state index is 12.4. The fourth-order valence-corrected chi connectivity index (χ4v) is 2.53. The van der Waals surface area contributed by atoms with Gasteiger partial charge in [0.15, 0.2) is 0 Å². The van der Waals surface area contributed by atoms with Gasteiger partial charge in [-0.15, -0.1) is 0 Å². The first-order valence-corrected chi connectivity index (χ1v) is 7.26. The average molecular weight is 291 g/mol. The zero-order chi connectivity index (χ0) is 15.1. The number of furan rings is 1. The fraction of sp³-hybridized carbons (Fsp3) is 0.600. The molecule has 1 aliphatic rings. The molecule has 2 rings (SSSR count). The third kappa shape index (κ3) is 4.88. The van der Waals surface area contributed by atoms with Crippen LogP contribution in [-0.2, 0) is 11.3 Å². The van der Waals surface area contributed by atoms with Gasteiger partial charge in [-0.3, -0.25) is 9.69 Å². The molecule has 1 saturated heterocycles. The lowest BCUT2D eigenvalue weighted by Gasteiger charge is -2.31. The molecule has 6 nitrogen and oxygen atoms in total. The molecule has 0 spiro atoms. The average Bonchev–Trinajstić information content (AvgIpc) is 2.96. The van der Waals surface area contributed by atoms with E-state index in [1.165, 1.54) is 0 Å². The van der Waals surface area contributed by atoms with Gasteiger partial charge in [-0.2, -0.15) is 5.26 Å². The molecule has 0 aliphatic carbocycles. The summed E-state index contributed by atoms with van der Waals surface area (Å²) in [6.07, 6.45) is 3.24. The van der Waals surface area contributed by atoms with E-state index in [2.05, 4.69) is 6.07 Å². The van der Waals surface area contributed by atoms with Gasteiger partial charge in [0.2, 0.25) is 5.91 Å². The molecule has 21 heavy (non-hydrogen) atoms. The summed E-state index contributed by atoms with van der Waals surface area (Å²) in [5, 5.41) is 18.4. The van der Waals surface area contributed by atoms with Crippen LogP contribution < -0.4 is 0 Å². The first kappa shape index (κ1) is 15.5. The van der Waals surface area contributed by atoms with Crippen molar-refractivity contribution in [3.8, 4) is 6.07 Å². The summed E-state index contributed by atoms with van der Waals surface area (Å²) < 4.78 is 5.27. The molecule has 1 N–H and O–H groups in total. The summed E-state index contributed by atoms with van der Waals surface area (Å²) >= 11 is 0. The third-order valence-corrected chi connectivity index (χ3v) is 3.61. The number of carbonyl (C=O) groups excluding carboxylic acids is 1. The smallest absolute Gasteiger partial charge is 0.237 e. The molecule has 1 aromatic rings. The quantitative estimate of drug-likeness (QED) is 0.845. The first-order valence-electron chi connectivity index (χ1n) is 7.26. The number of likely N-dealkylation sites (tertiary alicyclic amines) is 1. The number of piperidine rings is 1. The van der Waals surface area contributed by atoms with Crippen molar-refractivity contribution < 1.29 is 14.3 Å². The molecule has 6 heteroatoms. The van der Waals surface area contributed by atoms with Crippen LogP contribution in [0.5, 0.6) is 0 Å². The fourth-order valence-electron chi connectivity index (χ4n) is 2.53. The predicted molar refractivity (Wildman–Crippen MR) is 76.0 cm³/mol. The number of hydrogen-bond acceptors (Lipinski definition) is 5. The number of rotatable bonds is 6. The number of hydrogen-bond donors (Lipinski definition) is 1. The number of nitriles is 1. The largest absolute Gasteiger partial charge is 0.467 e. The number of nitrogens with zero attached hydrogens (tertiary/aromatic N) is 3. The van der Waals surface area contributed by atoms with Crippen LogP contribution in [0.25, 0.3) is 0 Å². The maximum Gasteiger partial charge on any atom is 0.237 e. The summed E-state index contributed by atoms with van der Waals surface area (Å²) in [5.74, 6) is 0.677. The van der Waals surface area contributed by atoms with Crippen LogP contribution >= 0.6 is 0 Å². The van der Waals surface area contributed by atoms with Crippen LogP contribution in [0.15, 0.2) is 22.8 Å². The van der Waals surface area contributed by atoms with Crippen molar-refractivity contribution in [1.29, 1.82) is 5.26 Å². The molecule has 0 aromatic carbocycles. The molecule has 114 valence electrons. The van der Waals surface area contributed by atoms with Gasteiger partial charge in [-0.25, -0.2) is 0 Å². The van der Waals surface area contributed by atoms with Crippen molar-refractivity contribution in [2.75, 3.05) is 26.2 Å². The molecule has 1 atom stereocenters. The maximum atomic E-state index is 12.4. The van der Waals surface area contributed by atoms with Crippen LogP contribution in [0.3, 0.4) is 0 Å². The summed E-state index contributed by atoms with van der Waals surface area (Å²) in [6, 6.07) is 5.66. The van der Waals surface area contributed by atoms with Crippen molar-refractivity contribution in [2.45, 2.75) is 31.9 Å². The van der Waals surface area contributed by atoms with Gasteiger partial charge < -0.3 is 14.4 Å². The van der Waals surface area contributed by atoms with Crippen molar-refractivity contribution in [3.63, 3.8) is 0 Å². The molecule has 1 amide bonds. The van der Waals surface area contributed by atoms with Gasteiger partial charge in [0, 0.05) is 13.1 Å². The van der Waals surface area contributed by atoms with Gasteiger partial charge in [0.25, 0.3) is 0 Å². The van der Waals surface area contributed by atoms with Crippen LogP contribution in [-0.4, -0.2) is 53.1 Å². The number of carbonyl (C=O) groups is 1. The van der Waals surface area contributed by atoms with E-state index in [9.17, 15) is 9.90 Å². The Bertz CT molecular complexity index is 481. The highest BCUT2D eigenvalue weighted by Crippen LogP contribution is 2.11. The summed E-state index contributed by atoms with van der Waals surface area (Å²) in [6.45, 7) is 2.42. The molecular weight excluding hydrogens is 270 g/mol. The number of amides is 1. The zero-order valence-electron chi connectivity index (χ0n) is 12.1. The normalized spacial score (nSPS) is 19.1. The van der Waals surface area contributed by atoms with Crippen molar-refractivity contribution in [2.24, 2.45) is 0 Å². The molecule has 1 aliphatic heterocycles. The first-order chi connectivity index (χ1) is 10.2. The highest BCUT2D eigenvalue weighted by atomic mass is 16.3. The van der Waals surface area contributed by atoms with Gasteiger partial charge in [-0.1, -0.05) is 0 Å². The van der Waals surface area contributed by atoms with E-state index in [1.807, 2.05) is 11.0 Å². The Kier molecular flexibility index (Phi) is 5.78. The molecule has 0 saturated carbocycles. The van der Waals surface area contributed by atoms with Gasteiger partial charge in [0.05, 0.1) is 37.9 Å². The Hall–Kier alpha value is -1.84. The number of aliphatic hydroxyl groups is 1. The lowest BCUT2D eigenvalue weighted by molar-refractivity contribution is -0.134. The molecule has 0 unspecified atom stereocenters. The molecule has 1 aromatic heterocycles. The predicted octanol–water partition coefficient (Wildman–Crippen LogP) is 0.979. The lowest BCUT2D eigenvalue weighted by Crippen LogP contribution is -2.45. The minimum Gasteiger partial charge on any atom is -0.467 e. The molecule has 1 fully saturated rings. The standard InChI is InChI=1S/C15H21N3O3/c16-6-3-8-18(11-14-5-2-9-21-14)15(20)12-17-7-1-4-13(19)10-17/h2,5,9,13,19H,1,3-4,7-8,10-12H2/t13-/m0/s1. The second-order valence-corrected chi connectivity index (χ2v) is 5.33. The Morgan fingerprint density at radius 1 is 1.62 bits per heavy atom. The van der Waals surface area contributed by atoms with Crippen LogP contribution in [0.4, 0.5) is 0 Å². The zero-order valence-corrected chi connectivity index (χ0v) is 12.1. The highest BCUT2D eigenvalue weighted by Gasteiger charge is 2.22. The second kappa shape index (κ2) is 7.81. The van der Waals surface area contributed by atoms with Gasteiger partial charge in [-0.05, 0) is 31.5 Å². The number of β-amino-alcohol motifs (C(OH)–C–C–N with tert-alkyl or cyclic N) is 1. The topological polar surface area (TPSA) is 80.7 Å². The Balaban J connectivity index is 1.91. The van der Waals surface area contributed by atoms with E-state index in [0.717, 1.165) is 19.4 Å². The third-order valence-electron chi connectivity index (χ3n) is 3.61. The SMILES string of the molecule is N#CCCN(Cc1ccco1)C(=O)CN1CCC[C@H](O)C1.